The van der Waals surface area contributed by atoms with Crippen molar-refractivity contribution >= 4 is 47.1 Å². The van der Waals surface area contributed by atoms with E-state index in [0.29, 0.717) is 0 Å². The van der Waals surface area contributed by atoms with Gasteiger partial charge in [0.15, 0.2) is 11.4 Å². The molecule has 0 amide bonds. The number of hydrogen-bond donors (Lipinski definition) is 1. The summed E-state index contributed by atoms with van der Waals surface area (Å²) < 4.78 is 4.57. The molecule has 6 rings (SSSR count). The van der Waals surface area contributed by atoms with Gasteiger partial charge in [0.25, 0.3) is 0 Å². The lowest BCUT2D eigenvalue weighted by atomic mass is 9.81. The van der Waals surface area contributed by atoms with Crippen LogP contribution in [0.2, 0.25) is 0 Å². The lowest BCUT2D eigenvalue weighted by molar-refractivity contribution is -0.401. The maximum absolute atomic E-state index is 10.6. The highest BCUT2D eigenvalue weighted by atomic mass is 16.3. The van der Waals surface area contributed by atoms with Crippen LogP contribution in [0.4, 0.5) is 11.4 Å². The first kappa shape index (κ1) is 28.4. The van der Waals surface area contributed by atoms with Crippen LogP contribution >= 0.6 is 0 Å². The summed E-state index contributed by atoms with van der Waals surface area (Å²) in [5.41, 5.74) is 11.7. The Hall–Kier alpha value is -4.76. The quantitative estimate of drug-likeness (QED) is 0.184. The van der Waals surface area contributed by atoms with Crippen LogP contribution < -0.4 is 0 Å². The van der Waals surface area contributed by atoms with Gasteiger partial charge in [-0.25, -0.2) is 0 Å². The van der Waals surface area contributed by atoms with Crippen molar-refractivity contribution in [2.24, 2.45) is 0 Å². The Kier molecular flexibility index (Phi) is 7.14. The normalized spacial score (nSPS) is 17.1. The number of nitrogens with zero attached hydrogens (tertiary/aromatic N) is 2. The highest BCUT2D eigenvalue weighted by Crippen LogP contribution is 2.40. The maximum Gasteiger partial charge on any atom is 0.209 e. The predicted octanol–water partition coefficient (Wildman–Crippen LogP) is 9.00. The molecule has 43 heavy (non-hydrogen) atoms. The molecule has 2 heterocycles. The lowest BCUT2D eigenvalue weighted by Crippen LogP contribution is -2.26. The lowest BCUT2D eigenvalue weighted by Gasteiger charge is -2.15. The summed E-state index contributed by atoms with van der Waals surface area (Å²) >= 11 is 0. The molecule has 0 aliphatic carbocycles. The second kappa shape index (κ2) is 10.8. The summed E-state index contributed by atoms with van der Waals surface area (Å²) in [7, 11) is 4.28. The largest absolute Gasteiger partial charge is 0.507 e. The number of fused-ring (bicyclic) bond motifs is 2. The van der Waals surface area contributed by atoms with E-state index in [4.69, 9.17) is 0 Å². The molecule has 3 nitrogen and oxygen atoms in total. The smallest absolute Gasteiger partial charge is 0.209 e. The van der Waals surface area contributed by atoms with Crippen LogP contribution in [0.1, 0.15) is 61.1 Å². The summed E-state index contributed by atoms with van der Waals surface area (Å²) in [6, 6.07) is 31.5. The number of benzene rings is 4. The number of phenolic OH excluding ortho intramolecular Hbond substituents is 1. The van der Waals surface area contributed by atoms with Crippen molar-refractivity contribution in [2.75, 3.05) is 14.1 Å². The minimum Gasteiger partial charge on any atom is -0.507 e. The molecular formula is C40H40N2O+2. The fourth-order valence-electron chi connectivity index (χ4n) is 6.67. The molecule has 214 valence electrons. The van der Waals surface area contributed by atoms with Gasteiger partial charge in [-0.15, -0.1) is 0 Å². The molecule has 0 bridgehead atoms. The summed E-state index contributed by atoms with van der Waals surface area (Å²) in [5, 5.41) is 10.6. The van der Waals surface area contributed by atoms with Gasteiger partial charge in [0.1, 0.15) is 19.8 Å². The third-order valence-corrected chi connectivity index (χ3v) is 9.19. The van der Waals surface area contributed by atoms with Crippen molar-refractivity contribution in [3.8, 4) is 5.75 Å². The Morgan fingerprint density at radius 3 is 1.42 bits per heavy atom. The molecule has 0 saturated carbocycles. The van der Waals surface area contributed by atoms with Gasteiger partial charge in [-0.05, 0) is 68.7 Å². The van der Waals surface area contributed by atoms with Gasteiger partial charge >= 0.3 is 0 Å². The Balaban J connectivity index is 1.17. The molecule has 0 unspecified atom stereocenters. The minimum atomic E-state index is -0.0737. The van der Waals surface area contributed by atoms with Crippen molar-refractivity contribution in [1.29, 1.82) is 0 Å². The Bertz CT molecular complexity index is 1880. The zero-order valence-corrected chi connectivity index (χ0v) is 26.0. The summed E-state index contributed by atoms with van der Waals surface area (Å²) in [6.07, 6.45) is 12.8. The first-order valence-electron chi connectivity index (χ1n) is 15.0. The molecule has 0 saturated heterocycles. The molecule has 1 N–H and O–H groups in total. The highest BCUT2D eigenvalue weighted by molar-refractivity contribution is 6.06. The number of aromatic hydroxyl groups is 1. The van der Waals surface area contributed by atoms with E-state index in [1.165, 1.54) is 33.9 Å². The fourth-order valence-corrected chi connectivity index (χ4v) is 6.67. The maximum atomic E-state index is 10.6. The third kappa shape index (κ3) is 5.10. The third-order valence-electron chi connectivity index (χ3n) is 9.19. The van der Waals surface area contributed by atoms with E-state index in [1.54, 1.807) is 6.07 Å². The number of allylic oxidation sites excluding steroid dienone is 2. The molecule has 0 aromatic heterocycles. The molecule has 2 aliphatic heterocycles. The average Bonchev–Trinajstić information content (AvgIpc) is 3.32. The number of para-hydroxylation sites is 2. The second-order valence-electron chi connectivity index (χ2n) is 12.7. The predicted molar refractivity (Wildman–Crippen MR) is 182 cm³/mol. The summed E-state index contributed by atoms with van der Waals surface area (Å²) in [4.78, 5) is 0. The monoisotopic (exact) mass is 564 g/mol. The standard InChI is InChI=1S/C40H39N2O/c1-39(2)32-11-7-9-13-34(32)41(5)37(39)25-21-29-17-15-28(16-18-29)19-23-31-27-30(20-24-36(31)43)22-26-38-40(3,4)33-12-8-10-14-35(33)42(38)6/h7-27H,1-6H3/q+1/p+1. The van der Waals surface area contributed by atoms with E-state index in [1.807, 2.05) is 18.2 Å². The van der Waals surface area contributed by atoms with Gasteiger partial charge in [-0.3, -0.25) is 0 Å². The molecule has 0 fully saturated rings. The van der Waals surface area contributed by atoms with Crippen LogP contribution in [0.15, 0.2) is 103 Å². The SMILES string of the molecule is C[N+]1=C(/C=C/c2ccc(/C=C/c3cc(/C=C/C4=[N+](C)c5ccccc5C4(C)C)ccc3O)cc2)C(C)(C)c2ccccc21. The van der Waals surface area contributed by atoms with Crippen LogP contribution in [-0.2, 0) is 10.8 Å². The van der Waals surface area contributed by atoms with E-state index in [2.05, 4.69) is 154 Å². The Morgan fingerprint density at radius 1 is 0.512 bits per heavy atom. The number of phenols is 1. The average molecular weight is 565 g/mol. The van der Waals surface area contributed by atoms with E-state index < -0.39 is 0 Å². The van der Waals surface area contributed by atoms with Crippen LogP contribution in [0.25, 0.3) is 24.3 Å². The van der Waals surface area contributed by atoms with Crippen LogP contribution in [-0.4, -0.2) is 39.8 Å². The van der Waals surface area contributed by atoms with Gasteiger partial charge in [-0.2, -0.15) is 9.15 Å². The summed E-state index contributed by atoms with van der Waals surface area (Å²) in [6.45, 7) is 9.11. The fraction of sp³-hybridized carbons (Fsp3) is 0.200. The molecule has 4 aromatic carbocycles. The van der Waals surface area contributed by atoms with Gasteiger partial charge in [0.2, 0.25) is 11.4 Å². The van der Waals surface area contributed by atoms with Crippen LogP contribution in [0.3, 0.4) is 0 Å². The van der Waals surface area contributed by atoms with Crippen molar-refractivity contribution in [3.63, 3.8) is 0 Å². The van der Waals surface area contributed by atoms with Crippen molar-refractivity contribution in [3.05, 3.63) is 137 Å². The Morgan fingerprint density at radius 2 is 0.930 bits per heavy atom. The molecule has 0 spiro atoms. The van der Waals surface area contributed by atoms with E-state index in [9.17, 15) is 5.11 Å². The van der Waals surface area contributed by atoms with Gasteiger partial charge in [-0.1, -0.05) is 78.9 Å². The minimum absolute atomic E-state index is 0.0385. The van der Waals surface area contributed by atoms with E-state index in [0.717, 1.165) is 22.3 Å². The van der Waals surface area contributed by atoms with Gasteiger partial charge < -0.3 is 5.11 Å². The van der Waals surface area contributed by atoms with E-state index in [-0.39, 0.29) is 16.6 Å². The number of hydrogen-bond acceptors (Lipinski definition) is 1. The molecular weight excluding hydrogens is 524 g/mol. The van der Waals surface area contributed by atoms with E-state index >= 15 is 0 Å². The first-order chi connectivity index (χ1) is 20.6. The van der Waals surface area contributed by atoms with Gasteiger partial charge in [0, 0.05) is 41.0 Å². The molecule has 2 aliphatic rings. The molecule has 3 heteroatoms. The zero-order chi connectivity index (χ0) is 30.4. The summed E-state index contributed by atoms with van der Waals surface area (Å²) in [5.74, 6) is 0.271. The second-order valence-corrected chi connectivity index (χ2v) is 12.7. The van der Waals surface area contributed by atoms with Crippen molar-refractivity contribution < 1.29 is 14.3 Å². The van der Waals surface area contributed by atoms with Crippen molar-refractivity contribution in [2.45, 2.75) is 38.5 Å². The number of rotatable bonds is 6. The van der Waals surface area contributed by atoms with Gasteiger partial charge in [0.05, 0.1) is 10.8 Å². The zero-order valence-electron chi connectivity index (χ0n) is 26.0. The molecule has 0 radical (unpaired) electrons. The molecule has 4 aromatic rings. The first-order valence-corrected chi connectivity index (χ1v) is 15.0. The Labute approximate surface area is 255 Å². The van der Waals surface area contributed by atoms with Crippen molar-refractivity contribution in [1.82, 2.24) is 0 Å². The van der Waals surface area contributed by atoms with Crippen LogP contribution in [0, 0.1) is 0 Å². The van der Waals surface area contributed by atoms with Crippen LogP contribution in [0.5, 0.6) is 5.75 Å². The topological polar surface area (TPSA) is 26.2 Å². The molecule has 0 atom stereocenters. The highest BCUT2D eigenvalue weighted by Gasteiger charge is 2.43.